The number of nitrogens with zero attached hydrogens (tertiary/aromatic N) is 3. The quantitative estimate of drug-likeness (QED) is 0.599. The van der Waals surface area contributed by atoms with Gasteiger partial charge in [-0.05, 0) is 42.7 Å². The van der Waals surface area contributed by atoms with Crippen LogP contribution in [0.15, 0.2) is 47.5 Å². The lowest BCUT2D eigenvalue weighted by Crippen LogP contribution is -2.14. The fourth-order valence-electron chi connectivity index (χ4n) is 4.04. The van der Waals surface area contributed by atoms with Crippen LogP contribution in [0.2, 0.25) is 0 Å². The van der Waals surface area contributed by atoms with Crippen LogP contribution in [-0.4, -0.2) is 32.1 Å². The number of benzene rings is 2. The molecular formula is C23H24N4OS2. The molecule has 5 nitrogen and oxygen atoms in total. The molecule has 3 aromatic rings. The van der Waals surface area contributed by atoms with Crippen molar-refractivity contribution in [1.29, 1.82) is 0 Å². The number of aryl methyl sites for hydroxylation is 2. The zero-order valence-electron chi connectivity index (χ0n) is 16.8. The predicted molar refractivity (Wildman–Crippen MR) is 128 cm³/mol. The molecule has 154 valence electrons. The van der Waals surface area contributed by atoms with Crippen LogP contribution in [0.5, 0.6) is 0 Å². The van der Waals surface area contributed by atoms with Crippen molar-refractivity contribution in [2.45, 2.75) is 38.0 Å². The van der Waals surface area contributed by atoms with Crippen LogP contribution >= 0.6 is 23.5 Å². The van der Waals surface area contributed by atoms with Gasteiger partial charge in [-0.15, -0.1) is 0 Å². The number of hydrogen-bond donors (Lipinski definition) is 1. The Hall–Kier alpha value is -2.25. The molecular weight excluding hydrogens is 412 g/mol. The monoisotopic (exact) mass is 436 g/mol. The van der Waals surface area contributed by atoms with E-state index in [1.54, 1.807) is 23.5 Å². The number of fused-ring (bicyclic) bond motifs is 3. The highest BCUT2D eigenvalue weighted by atomic mass is 32.2. The van der Waals surface area contributed by atoms with Crippen LogP contribution < -0.4 is 5.32 Å². The standard InChI is InChI=1S/C23H24N4OS2/c28-22(18-7-4-3-6-16(18)15-30-23-24-11-13-29-23)25-17-9-10-20-19(14-17)26-21-8-2-1-5-12-27(20)21/h3-4,6-7,9-10,14H,1-2,5,8,11-13,15H2,(H,25,28). The third-order valence-electron chi connectivity index (χ3n) is 5.54. The Morgan fingerprint density at radius 1 is 1.17 bits per heavy atom. The van der Waals surface area contributed by atoms with Crippen LogP contribution in [0.3, 0.4) is 0 Å². The molecule has 0 radical (unpaired) electrons. The Bertz CT molecular complexity index is 1120. The molecule has 5 rings (SSSR count). The van der Waals surface area contributed by atoms with Crippen LogP contribution in [0.25, 0.3) is 11.0 Å². The van der Waals surface area contributed by atoms with Gasteiger partial charge in [-0.1, -0.05) is 48.1 Å². The fourth-order valence-corrected chi connectivity index (χ4v) is 6.05. The largest absolute Gasteiger partial charge is 0.328 e. The lowest BCUT2D eigenvalue weighted by Gasteiger charge is -2.10. The molecule has 1 amide bonds. The SMILES string of the molecule is O=C(Nc1ccc2c(c1)nc1n2CCCCC1)c1ccccc1CSC1=NCCS1. The van der Waals surface area contributed by atoms with Gasteiger partial charge in [0.15, 0.2) is 0 Å². The summed E-state index contributed by atoms with van der Waals surface area (Å²) >= 11 is 3.51. The van der Waals surface area contributed by atoms with Crippen LogP contribution in [0.1, 0.15) is 41.0 Å². The summed E-state index contributed by atoms with van der Waals surface area (Å²) in [4.78, 5) is 22.4. The molecule has 3 heterocycles. The molecule has 30 heavy (non-hydrogen) atoms. The molecule has 2 aliphatic heterocycles. The minimum atomic E-state index is -0.0765. The van der Waals surface area contributed by atoms with Crippen molar-refractivity contribution in [3.05, 3.63) is 59.4 Å². The van der Waals surface area contributed by atoms with E-state index < -0.39 is 0 Å². The maximum absolute atomic E-state index is 13.0. The van der Waals surface area contributed by atoms with Crippen molar-refractivity contribution in [2.75, 3.05) is 17.6 Å². The molecule has 0 fully saturated rings. The van der Waals surface area contributed by atoms with Crippen molar-refractivity contribution < 1.29 is 4.79 Å². The van der Waals surface area contributed by atoms with Gasteiger partial charge in [0.25, 0.3) is 5.91 Å². The molecule has 7 heteroatoms. The summed E-state index contributed by atoms with van der Waals surface area (Å²) in [5.41, 5.74) is 4.67. The van der Waals surface area contributed by atoms with E-state index in [9.17, 15) is 4.79 Å². The molecule has 0 unspecified atom stereocenters. The normalized spacial score (nSPS) is 16.2. The molecule has 0 aliphatic carbocycles. The molecule has 0 saturated heterocycles. The maximum atomic E-state index is 13.0. The molecule has 0 atom stereocenters. The Morgan fingerprint density at radius 3 is 3.00 bits per heavy atom. The second-order valence-electron chi connectivity index (χ2n) is 7.59. The number of aliphatic imine (C=N–C) groups is 1. The Morgan fingerprint density at radius 2 is 2.10 bits per heavy atom. The summed E-state index contributed by atoms with van der Waals surface area (Å²) in [5, 5.41) is 3.08. The molecule has 0 saturated carbocycles. The first-order valence-electron chi connectivity index (χ1n) is 10.5. The van der Waals surface area contributed by atoms with Crippen LogP contribution in [0.4, 0.5) is 5.69 Å². The average molecular weight is 437 g/mol. The summed E-state index contributed by atoms with van der Waals surface area (Å²) in [6, 6.07) is 13.9. The van der Waals surface area contributed by atoms with Gasteiger partial charge in [0.1, 0.15) is 10.2 Å². The molecule has 2 aromatic carbocycles. The summed E-state index contributed by atoms with van der Waals surface area (Å²) in [6.45, 7) is 1.93. The maximum Gasteiger partial charge on any atom is 0.255 e. The van der Waals surface area contributed by atoms with Crippen molar-refractivity contribution in [1.82, 2.24) is 9.55 Å². The Balaban J connectivity index is 1.34. The van der Waals surface area contributed by atoms with Gasteiger partial charge in [0.05, 0.1) is 17.6 Å². The average Bonchev–Trinajstić information content (AvgIpc) is 3.34. The van der Waals surface area contributed by atoms with Gasteiger partial charge in [0, 0.05) is 35.7 Å². The van der Waals surface area contributed by atoms with Crippen LogP contribution in [0, 0.1) is 0 Å². The van der Waals surface area contributed by atoms with Gasteiger partial charge in [-0.25, -0.2) is 4.98 Å². The lowest BCUT2D eigenvalue weighted by atomic mass is 10.1. The topological polar surface area (TPSA) is 59.3 Å². The van der Waals surface area contributed by atoms with E-state index in [1.165, 1.54) is 25.1 Å². The van der Waals surface area contributed by atoms with Gasteiger partial charge >= 0.3 is 0 Å². The minimum Gasteiger partial charge on any atom is -0.328 e. The van der Waals surface area contributed by atoms with Gasteiger partial charge in [0.2, 0.25) is 0 Å². The van der Waals surface area contributed by atoms with Crippen molar-refractivity contribution in [3.63, 3.8) is 0 Å². The number of imidazole rings is 1. The first kappa shape index (κ1) is 19.7. The third-order valence-corrected chi connectivity index (χ3v) is 7.84. The third kappa shape index (κ3) is 4.14. The second kappa shape index (κ2) is 8.86. The zero-order chi connectivity index (χ0) is 20.3. The summed E-state index contributed by atoms with van der Waals surface area (Å²) in [7, 11) is 0. The minimum absolute atomic E-state index is 0.0765. The lowest BCUT2D eigenvalue weighted by molar-refractivity contribution is 0.102. The van der Waals surface area contributed by atoms with E-state index in [0.29, 0.717) is 5.56 Å². The summed E-state index contributed by atoms with van der Waals surface area (Å²) in [6.07, 6.45) is 4.71. The van der Waals surface area contributed by atoms with Gasteiger partial charge in [-0.3, -0.25) is 9.79 Å². The summed E-state index contributed by atoms with van der Waals surface area (Å²) < 4.78 is 3.46. The van der Waals surface area contributed by atoms with Crippen LogP contribution in [-0.2, 0) is 18.7 Å². The van der Waals surface area contributed by atoms with Gasteiger partial charge in [-0.2, -0.15) is 0 Å². The second-order valence-corrected chi connectivity index (χ2v) is 9.90. The molecule has 2 aliphatic rings. The first-order chi connectivity index (χ1) is 14.8. The number of aromatic nitrogens is 2. The van der Waals surface area contributed by atoms with Crippen molar-refractivity contribution in [3.8, 4) is 0 Å². The number of amides is 1. The highest BCUT2D eigenvalue weighted by Crippen LogP contribution is 2.28. The fraction of sp³-hybridized carbons (Fsp3) is 0.348. The molecule has 1 N–H and O–H groups in total. The van der Waals surface area contributed by atoms with E-state index in [4.69, 9.17) is 4.98 Å². The first-order valence-corrected chi connectivity index (χ1v) is 12.4. The molecule has 0 spiro atoms. The van der Waals surface area contributed by atoms with Crippen molar-refractivity contribution in [2.24, 2.45) is 4.99 Å². The van der Waals surface area contributed by atoms with E-state index in [1.807, 2.05) is 36.4 Å². The predicted octanol–water partition coefficient (Wildman–Crippen LogP) is 5.35. The number of anilines is 1. The van der Waals surface area contributed by atoms with Crippen molar-refractivity contribution >= 4 is 50.5 Å². The number of thioether (sulfide) groups is 2. The Labute approximate surface area is 184 Å². The summed E-state index contributed by atoms with van der Waals surface area (Å²) in [5.74, 6) is 2.90. The van der Waals surface area contributed by atoms with E-state index in [2.05, 4.69) is 20.9 Å². The number of carbonyl (C=O) groups is 1. The molecule has 1 aromatic heterocycles. The van der Waals surface area contributed by atoms with E-state index in [-0.39, 0.29) is 5.91 Å². The Kier molecular flexibility index (Phi) is 5.82. The van der Waals surface area contributed by atoms with Gasteiger partial charge < -0.3 is 9.88 Å². The number of carbonyl (C=O) groups excluding carboxylic acids is 1. The van der Waals surface area contributed by atoms with E-state index >= 15 is 0 Å². The number of hydrogen-bond acceptors (Lipinski definition) is 5. The zero-order valence-corrected chi connectivity index (χ0v) is 18.4. The number of nitrogens with one attached hydrogen (secondary N) is 1. The smallest absolute Gasteiger partial charge is 0.255 e. The van der Waals surface area contributed by atoms with E-state index in [0.717, 1.165) is 57.7 Å². The number of rotatable bonds is 4. The molecule has 0 bridgehead atoms. The highest BCUT2D eigenvalue weighted by molar-refractivity contribution is 8.38. The highest BCUT2D eigenvalue weighted by Gasteiger charge is 2.16.